The Bertz CT molecular complexity index is 1730. The molecule has 3 saturated heterocycles. The van der Waals surface area contributed by atoms with Gasteiger partial charge in [-0.3, -0.25) is 0 Å². The van der Waals surface area contributed by atoms with E-state index in [4.69, 9.17) is 28.4 Å². The largest absolute Gasteiger partial charge is 0.396 e. The third kappa shape index (κ3) is 7.85. The molecule has 3 heterocycles. The van der Waals surface area contributed by atoms with Crippen molar-refractivity contribution in [3.8, 4) is 0 Å². The Balaban J connectivity index is 1.06. The Labute approximate surface area is 383 Å². The first-order chi connectivity index (χ1) is 30.4. The van der Waals surface area contributed by atoms with Gasteiger partial charge < -0.3 is 84.6 Å². The van der Waals surface area contributed by atoms with Crippen molar-refractivity contribution in [2.75, 3.05) is 19.8 Å². The van der Waals surface area contributed by atoms with Crippen LogP contribution in [-0.2, 0) is 28.4 Å². The van der Waals surface area contributed by atoms with Gasteiger partial charge in [0, 0.05) is 10.8 Å². The maximum absolute atomic E-state index is 11.7. The average molecular weight is 929 g/mol. The quantitative estimate of drug-likeness (QED) is 0.112. The Kier molecular flexibility index (Phi) is 13.8. The van der Waals surface area contributed by atoms with Crippen LogP contribution in [0.1, 0.15) is 113 Å². The molecule has 65 heavy (non-hydrogen) atoms. The maximum Gasteiger partial charge on any atom is 0.187 e. The van der Waals surface area contributed by atoms with Crippen molar-refractivity contribution in [1.82, 2.24) is 0 Å². The van der Waals surface area contributed by atoms with Gasteiger partial charge in [0.05, 0.1) is 38.1 Å². The van der Waals surface area contributed by atoms with Crippen LogP contribution < -0.4 is 0 Å². The van der Waals surface area contributed by atoms with Gasteiger partial charge in [0.15, 0.2) is 18.9 Å². The van der Waals surface area contributed by atoms with Crippen molar-refractivity contribution in [2.24, 2.45) is 50.2 Å². The van der Waals surface area contributed by atoms with Crippen LogP contribution >= 0.6 is 0 Å². The summed E-state index contributed by atoms with van der Waals surface area (Å²) in [6.07, 6.45) is -14.8. The molecular formula is C48H80O17. The summed E-state index contributed by atoms with van der Waals surface area (Å²) in [6, 6.07) is 0. The Morgan fingerprint density at radius 3 is 1.75 bits per heavy atom. The number of aliphatic hydroxyl groups excluding tert-OH is 11. The fourth-order valence-corrected chi connectivity index (χ4v) is 15.1. The standard InChI is InChI=1S/C48H80O17/c1-22-31(53)34(56)37(59)40(60-22)64-39-36(58)33(55)26(20-50)62-42(39)65-38-35(57)32(54)25(19-49)61-41(38)63-30-12-13-45(5)27(46(30,6)21-51)11-14-48(8)28(45)10-9-23-24-17-43(2,3)18-29(52)44(24,4)15-16-47(23,48)7/h9,22,24-42,49-59H,10-21H2,1-8H3/t22-,24+,25-,26-,27+,28+,29+,30-,31-,32-,33-,34+,35+,36+,37-,38-,39-,40+,41+,42+,44-,45-,46-,47+,48+/m0/s1. The number of aliphatic hydroxyl groups is 11. The zero-order valence-electron chi connectivity index (χ0n) is 39.5. The van der Waals surface area contributed by atoms with Gasteiger partial charge >= 0.3 is 0 Å². The van der Waals surface area contributed by atoms with Crippen LogP contribution in [0.2, 0.25) is 0 Å². The predicted molar refractivity (Wildman–Crippen MR) is 230 cm³/mol. The summed E-state index contributed by atoms with van der Waals surface area (Å²) in [5.41, 5.74) is 0.247. The highest BCUT2D eigenvalue weighted by Crippen LogP contribution is 2.76. The highest BCUT2D eigenvalue weighted by Gasteiger charge is 2.70. The van der Waals surface area contributed by atoms with Crippen molar-refractivity contribution in [2.45, 2.75) is 218 Å². The molecule has 374 valence electrons. The Morgan fingerprint density at radius 1 is 0.585 bits per heavy atom. The zero-order valence-corrected chi connectivity index (χ0v) is 39.5. The highest BCUT2D eigenvalue weighted by molar-refractivity contribution is 5.34. The summed E-state index contributed by atoms with van der Waals surface area (Å²) in [6.45, 7) is 16.0. The number of ether oxygens (including phenoxy) is 6. The first-order valence-corrected chi connectivity index (χ1v) is 24.3. The molecule has 8 aliphatic rings. The van der Waals surface area contributed by atoms with E-state index in [0.29, 0.717) is 18.3 Å². The molecule has 0 spiro atoms. The first kappa shape index (κ1) is 50.4. The fourth-order valence-electron chi connectivity index (χ4n) is 15.1. The van der Waals surface area contributed by atoms with Crippen LogP contribution in [-0.4, -0.2) is 180 Å². The zero-order chi connectivity index (χ0) is 47.6. The molecule has 17 nitrogen and oxygen atoms in total. The topological polar surface area (TPSA) is 278 Å². The average Bonchev–Trinajstić information content (AvgIpc) is 3.25. The fraction of sp³-hybridized carbons (Fsp3) is 0.958. The summed E-state index contributed by atoms with van der Waals surface area (Å²) in [4.78, 5) is 0. The lowest BCUT2D eigenvalue weighted by molar-refractivity contribution is -0.398. The minimum Gasteiger partial charge on any atom is -0.396 e. The second-order valence-corrected chi connectivity index (χ2v) is 23.6. The van der Waals surface area contributed by atoms with Crippen molar-refractivity contribution < 1.29 is 84.6 Å². The molecule has 5 aliphatic carbocycles. The Morgan fingerprint density at radius 2 is 1.17 bits per heavy atom. The second-order valence-electron chi connectivity index (χ2n) is 23.6. The molecule has 25 atom stereocenters. The maximum atomic E-state index is 11.7. The van der Waals surface area contributed by atoms with Gasteiger partial charge in [-0.05, 0) is 104 Å². The van der Waals surface area contributed by atoms with Gasteiger partial charge in [0.25, 0.3) is 0 Å². The summed E-state index contributed by atoms with van der Waals surface area (Å²) < 4.78 is 36.7. The Hall–Kier alpha value is -0.940. The van der Waals surface area contributed by atoms with Crippen LogP contribution in [0.3, 0.4) is 0 Å². The van der Waals surface area contributed by atoms with Crippen molar-refractivity contribution >= 4 is 0 Å². The van der Waals surface area contributed by atoms with Crippen LogP contribution in [0.5, 0.6) is 0 Å². The van der Waals surface area contributed by atoms with Gasteiger partial charge in [0.1, 0.15) is 67.1 Å². The summed E-state index contributed by atoms with van der Waals surface area (Å²) in [5, 5.41) is 120. The molecular weight excluding hydrogens is 849 g/mol. The number of hydrogen-bond donors (Lipinski definition) is 11. The minimum atomic E-state index is -1.85. The molecule has 0 aromatic rings. The van der Waals surface area contributed by atoms with E-state index >= 15 is 0 Å². The van der Waals surface area contributed by atoms with Gasteiger partial charge in [-0.15, -0.1) is 0 Å². The normalized spacial score (nSPS) is 56.7. The van der Waals surface area contributed by atoms with E-state index in [1.54, 1.807) is 0 Å². The highest BCUT2D eigenvalue weighted by atomic mass is 16.8. The van der Waals surface area contributed by atoms with Crippen LogP contribution in [0.15, 0.2) is 11.6 Å². The van der Waals surface area contributed by atoms with Crippen LogP contribution in [0.4, 0.5) is 0 Å². The number of allylic oxidation sites excluding steroid dienone is 2. The smallest absolute Gasteiger partial charge is 0.187 e. The molecule has 8 rings (SSSR count). The first-order valence-electron chi connectivity index (χ1n) is 24.3. The number of fused-ring (bicyclic) bond motifs is 7. The molecule has 11 N–H and O–H groups in total. The van der Waals surface area contributed by atoms with Crippen molar-refractivity contribution in [3.05, 3.63) is 11.6 Å². The lowest BCUT2D eigenvalue weighted by atomic mass is 9.33. The van der Waals surface area contributed by atoms with E-state index in [9.17, 15) is 56.2 Å². The van der Waals surface area contributed by atoms with Crippen LogP contribution in [0.25, 0.3) is 0 Å². The lowest BCUT2D eigenvalue weighted by Gasteiger charge is -2.72. The van der Waals surface area contributed by atoms with Crippen molar-refractivity contribution in [3.63, 3.8) is 0 Å². The van der Waals surface area contributed by atoms with Gasteiger partial charge in [0.2, 0.25) is 0 Å². The molecule has 3 aliphatic heterocycles. The molecule has 0 radical (unpaired) electrons. The third-order valence-corrected chi connectivity index (χ3v) is 19.5. The summed E-state index contributed by atoms with van der Waals surface area (Å²) in [7, 11) is 0. The SMILES string of the molecule is C[C@@H]1O[C@H](O[C@@H]2[C@@H](O[C@@H]3[C@@H](O[C@H]4CC[C@@]5(C)[C@@H](CC[C@]6(C)[C@@H]5CC=C5[C@H]7CC(C)(C)C[C@@H](O)[C@@]7(C)CC[C@]56C)[C@]4(C)CO)O[C@@H](CO)[C@H](O)[C@H]3O)O[C@@H](CO)[C@H](O)[C@H]2O)[C@@H](O)[C@H](O)[C@H]1O. The van der Waals surface area contributed by atoms with E-state index < -0.39 is 117 Å². The van der Waals surface area contributed by atoms with Crippen molar-refractivity contribution in [1.29, 1.82) is 0 Å². The predicted octanol–water partition coefficient (Wildman–Crippen LogP) is 0.612. The van der Waals surface area contributed by atoms with Gasteiger partial charge in [-0.2, -0.15) is 0 Å². The van der Waals surface area contributed by atoms with E-state index in [1.807, 2.05) is 6.92 Å². The van der Waals surface area contributed by atoms with E-state index in [1.165, 1.54) is 12.5 Å². The summed E-state index contributed by atoms with van der Waals surface area (Å²) >= 11 is 0. The molecule has 7 fully saturated rings. The minimum absolute atomic E-state index is 0.00799. The lowest BCUT2D eigenvalue weighted by Crippen LogP contribution is -2.68. The third-order valence-electron chi connectivity index (χ3n) is 19.5. The molecule has 0 amide bonds. The molecule has 17 heteroatoms. The summed E-state index contributed by atoms with van der Waals surface area (Å²) in [5.74, 6) is 0.587. The van der Waals surface area contributed by atoms with E-state index in [0.717, 1.165) is 51.4 Å². The molecule has 0 unspecified atom stereocenters. The van der Waals surface area contributed by atoms with E-state index in [2.05, 4.69) is 47.6 Å². The van der Waals surface area contributed by atoms with Gasteiger partial charge in [-0.25, -0.2) is 0 Å². The van der Waals surface area contributed by atoms with Gasteiger partial charge in [-0.1, -0.05) is 60.1 Å². The number of hydrogen-bond acceptors (Lipinski definition) is 17. The molecule has 0 aromatic heterocycles. The molecule has 0 aromatic carbocycles. The monoisotopic (exact) mass is 929 g/mol. The molecule has 0 bridgehead atoms. The second kappa shape index (κ2) is 17.7. The van der Waals surface area contributed by atoms with Crippen LogP contribution in [0, 0.1) is 50.2 Å². The molecule has 4 saturated carbocycles. The van der Waals surface area contributed by atoms with E-state index in [-0.39, 0.29) is 45.7 Å². The number of rotatable bonds is 9.